The molecule has 0 saturated heterocycles. The van der Waals surface area contributed by atoms with Crippen molar-refractivity contribution in [3.63, 3.8) is 0 Å². The van der Waals surface area contributed by atoms with Crippen molar-refractivity contribution in [1.82, 2.24) is 0 Å². The molecule has 2 aromatic carbocycles. The van der Waals surface area contributed by atoms with Crippen LogP contribution in [-0.4, -0.2) is 19.1 Å². The maximum atomic E-state index is 12.4. The topological polar surface area (TPSA) is 71.3 Å². The number of benzene rings is 2. The molecule has 1 amide bonds. The highest BCUT2D eigenvalue weighted by Crippen LogP contribution is 2.29. The van der Waals surface area contributed by atoms with Gasteiger partial charge in [0.05, 0.1) is 18.7 Å². The van der Waals surface area contributed by atoms with Crippen molar-refractivity contribution in [2.24, 2.45) is 0 Å². The van der Waals surface area contributed by atoms with Gasteiger partial charge in [-0.3, -0.25) is 4.79 Å². The molecule has 0 fully saturated rings. The molecule has 0 unspecified atom stereocenters. The summed E-state index contributed by atoms with van der Waals surface area (Å²) in [5.74, 6) is 0.579. The molecule has 0 spiro atoms. The van der Waals surface area contributed by atoms with Gasteiger partial charge in [-0.05, 0) is 50.1 Å². The van der Waals surface area contributed by atoms with Crippen LogP contribution in [0.5, 0.6) is 11.5 Å². The van der Waals surface area contributed by atoms with E-state index in [1.807, 2.05) is 38.1 Å². The Labute approximate surface area is 141 Å². The molecule has 0 bridgehead atoms. The summed E-state index contributed by atoms with van der Waals surface area (Å²) in [5, 5.41) is 11.8. The summed E-state index contributed by atoms with van der Waals surface area (Å²) in [6.45, 7) is 5.57. The fourth-order valence-corrected chi connectivity index (χ4v) is 2.18. The predicted molar refractivity (Wildman–Crippen MR) is 92.3 cm³/mol. The van der Waals surface area contributed by atoms with Crippen LogP contribution < -0.4 is 14.8 Å². The minimum atomic E-state index is -0.716. The lowest BCUT2D eigenvalue weighted by molar-refractivity contribution is -0.122. The van der Waals surface area contributed by atoms with Gasteiger partial charge in [0.1, 0.15) is 0 Å². The Balaban J connectivity index is 2.12. The van der Waals surface area contributed by atoms with Gasteiger partial charge in [-0.15, -0.1) is 0 Å². The first-order chi connectivity index (χ1) is 11.4. The smallest absolute Gasteiger partial charge is 0.265 e. The van der Waals surface area contributed by atoms with Crippen LogP contribution in [0.4, 0.5) is 5.69 Å². The zero-order valence-electron chi connectivity index (χ0n) is 14.2. The number of aryl methyl sites for hydroxylation is 2. The Morgan fingerprint density at radius 2 is 1.92 bits per heavy atom. The highest BCUT2D eigenvalue weighted by molar-refractivity contribution is 5.94. The average molecular weight is 324 g/mol. The van der Waals surface area contributed by atoms with E-state index in [4.69, 9.17) is 14.7 Å². The number of nitrogens with one attached hydrogen (secondary N) is 1. The van der Waals surface area contributed by atoms with Gasteiger partial charge in [0.2, 0.25) is 0 Å². The largest absolute Gasteiger partial charge is 0.493 e. The highest BCUT2D eigenvalue weighted by Gasteiger charge is 2.18. The second kappa shape index (κ2) is 7.51. The normalized spacial score (nSPS) is 11.3. The van der Waals surface area contributed by atoms with Crippen molar-refractivity contribution in [1.29, 1.82) is 5.26 Å². The Hall–Kier alpha value is -3.00. The molecule has 0 aromatic heterocycles. The van der Waals surface area contributed by atoms with Crippen molar-refractivity contribution < 1.29 is 14.3 Å². The molecule has 24 heavy (non-hydrogen) atoms. The second-order valence-corrected chi connectivity index (χ2v) is 5.55. The van der Waals surface area contributed by atoms with Crippen LogP contribution in [0.1, 0.15) is 23.6 Å². The average Bonchev–Trinajstić information content (AvgIpc) is 2.58. The van der Waals surface area contributed by atoms with Gasteiger partial charge in [-0.25, -0.2) is 0 Å². The molecule has 2 aromatic rings. The number of rotatable bonds is 5. The summed E-state index contributed by atoms with van der Waals surface area (Å²) in [4.78, 5) is 12.4. The van der Waals surface area contributed by atoms with Gasteiger partial charge in [-0.1, -0.05) is 12.1 Å². The summed E-state index contributed by atoms with van der Waals surface area (Å²) >= 11 is 0. The van der Waals surface area contributed by atoms with E-state index in [2.05, 4.69) is 5.32 Å². The van der Waals surface area contributed by atoms with Crippen molar-refractivity contribution in [3.8, 4) is 17.6 Å². The van der Waals surface area contributed by atoms with Crippen LogP contribution in [-0.2, 0) is 4.79 Å². The molecule has 0 aliphatic rings. The minimum Gasteiger partial charge on any atom is -0.493 e. The molecule has 5 heteroatoms. The van der Waals surface area contributed by atoms with Gasteiger partial charge < -0.3 is 14.8 Å². The Kier molecular flexibility index (Phi) is 5.43. The van der Waals surface area contributed by atoms with E-state index in [1.54, 1.807) is 25.1 Å². The molecule has 0 heterocycles. The number of anilines is 1. The van der Waals surface area contributed by atoms with Crippen LogP contribution in [0.25, 0.3) is 0 Å². The van der Waals surface area contributed by atoms with Gasteiger partial charge >= 0.3 is 0 Å². The van der Waals surface area contributed by atoms with Gasteiger partial charge in [0, 0.05) is 11.8 Å². The van der Waals surface area contributed by atoms with Gasteiger partial charge in [0.15, 0.2) is 17.6 Å². The van der Waals surface area contributed by atoms with Crippen LogP contribution >= 0.6 is 0 Å². The molecule has 1 N–H and O–H groups in total. The first kappa shape index (κ1) is 17.4. The maximum absolute atomic E-state index is 12.4. The Bertz CT molecular complexity index is 794. The van der Waals surface area contributed by atoms with Crippen molar-refractivity contribution >= 4 is 11.6 Å². The van der Waals surface area contributed by atoms with Crippen molar-refractivity contribution in [2.75, 3.05) is 12.4 Å². The van der Waals surface area contributed by atoms with E-state index >= 15 is 0 Å². The first-order valence-electron chi connectivity index (χ1n) is 7.57. The SMILES string of the molecule is COc1cc(C#N)ccc1O[C@H](C)C(=O)Nc1cc(C)ccc1C. The molecular weight excluding hydrogens is 304 g/mol. The number of methoxy groups -OCH3 is 1. The maximum Gasteiger partial charge on any atom is 0.265 e. The van der Waals surface area contributed by atoms with Crippen LogP contribution in [0.2, 0.25) is 0 Å². The third-order valence-corrected chi connectivity index (χ3v) is 3.62. The minimum absolute atomic E-state index is 0.255. The standard InChI is InChI=1S/C19H20N2O3/c1-12-5-6-13(2)16(9-12)21-19(22)14(3)24-17-8-7-15(11-20)10-18(17)23-4/h5-10,14H,1-4H3,(H,21,22)/t14-/m1/s1. The van der Waals surface area contributed by atoms with Crippen LogP contribution in [0.15, 0.2) is 36.4 Å². The van der Waals surface area contributed by atoms with E-state index in [1.165, 1.54) is 7.11 Å². The number of hydrogen-bond acceptors (Lipinski definition) is 4. The number of amides is 1. The van der Waals surface area contributed by atoms with E-state index in [0.29, 0.717) is 17.1 Å². The zero-order valence-corrected chi connectivity index (χ0v) is 14.2. The van der Waals surface area contributed by atoms with E-state index in [-0.39, 0.29) is 5.91 Å². The van der Waals surface area contributed by atoms with E-state index < -0.39 is 6.10 Å². The second-order valence-electron chi connectivity index (χ2n) is 5.55. The number of hydrogen-bond donors (Lipinski definition) is 1. The lowest BCUT2D eigenvalue weighted by Gasteiger charge is -2.17. The molecule has 0 radical (unpaired) electrons. The van der Waals surface area contributed by atoms with E-state index in [0.717, 1.165) is 16.8 Å². The Morgan fingerprint density at radius 3 is 2.58 bits per heavy atom. The summed E-state index contributed by atoms with van der Waals surface area (Å²) in [5.41, 5.74) is 3.28. The predicted octanol–water partition coefficient (Wildman–Crippen LogP) is 3.59. The first-order valence-corrected chi connectivity index (χ1v) is 7.57. The number of nitrogens with zero attached hydrogens (tertiary/aromatic N) is 1. The number of carbonyl (C=O) groups excluding carboxylic acids is 1. The van der Waals surface area contributed by atoms with Crippen molar-refractivity contribution in [2.45, 2.75) is 26.9 Å². The third kappa shape index (κ3) is 4.05. The summed E-state index contributed by atoms with van der Waals surface area (Å²) in [7, 11) is 1.49. The summed E-state index contributed by atoms with van der Waals surface area (Å²) in [6.07, 6.45) is -0.716. The van der Waals surface area contributed by atoms with E-state index in [9.17, 15) is 4.79 Å². The molecular formula is C19H20N2O3. The fraction of sp³-hybridized carbons (Fsp3) is 0.263. The lowest BCUT2D eigenvalue weighted by Crippen LogP contribution is -2.30. The fourth-order valence-electron chi connectivity index (χ4n) is 2.18. The molecule has 5 nitrogen and oxygen atoms in total. The van der Waals surface area contributed by atoms with Crippen LogP contribution in [0.3, 0.4) is 0 Å². The monoisotopic (exact) mass is 324 g/mol. The van der Waals surface area contributed by atoms with Gasteiger partial charge in [-0.2, -0.15) is 5.26 Å². The summed E-state index contributed by atoms with van der Waals surface area (Å²) in [6, 6.07) is 12.7. The quantitative estimate of drug-likeness (QED) is 0.912. The third-order valence-electron chi connectivity index (χ3n) is 3.62. The molecule has 124 valence electrons. The van der Waals surface area contributed by atoms with Crippen LogP contribution in [0, 0.1) is 25.2 Å². The number of carbonyl (C=O) groups is 1. The number of nitriles is 1. The molecule has 1 atom stereocenters. The molecule has 0 saturated carbocycles. The Morgan fingerprint density at radius 1 is 1.17 bits per heavy atom. The molecule has 0 aliphatic heterocycles. The number of ether oxygens (including phenoxy) is 2. The van der Waals surface area contributed by atoms with Crippen molar-refractivity contribution in [3.05, 3.63) is 53.1 Å². The zero-order chi connectivity index (χ0) is 17.7. The summed E-state index contributed by atoms with van der Waals surface area (Å²) < 4.78 is 10.9. The molecule has 2 rings (SSSR count). The highest BCUT2D eigenvalue weighted by atomic mass is 16.5. The van der Waals surface area contributed by atoms with Gasteiger partial charge in [0.25, 0.3) is 5.91 Å². The lowest BCUT2D eigenvalue weighted by atomic mass is 10.1. The molecule has 0 aliphatic carbocycles.